The predicted molar refractivity (Wildman–Crippen MR) is 63.2 cm³/mol. The number of aryl methyl sites for hydroxylation is 1. The van der Waals surface area contributed by atoms with E-state index in [1.165, 1.54) is 29.8 Å². The van der Waals surface area contributed by atoms with Crippen molar-refractivity contribution in [2.45, 2.75) is 45.6 Å². The van der Waals surface area contributed by atoms with Crippen LogP contribution in [0.5, 0.6) is 0 Å². The Morgan fingerprint density at radius 3 is 2.94 bits per heavy atom. The average Bonchev–Trinajstić information content (AvgIpc) is 3.12. The summed E-state index contributed by atoms with van der Waals surface area (Å²) in [7, 11) is 0. The van der Waals surface area contributed by atoms with Crippen LogP contribution in [0.2, 0.25) is 0 Å². The predicted octanol–water partition coefficient (Wildman–Crippen LogP) is 1.64. The standard InChI is InChI=1S/C13H19N3/c1-2-11-10-5-6-14-8-12(10)16-13(15-11)7-9-3-4-9/h9,14H,2-8H2,1H3. The normalized spacial score (nSPS) is 19.6. The Balaban J connectivity index is 1.94. The summed E-state index contributed by atoms with van der Waals surface area (Å²) in [6, 6.07) is 0. The summed E-state index contributed by atoms with van der Waals surface area (Å²) in [4.78, 5) is 9.47. The van der Waals surface area contributed by atoms with E-state index in [1.807, 2.05) is 0 Å². The zero-order chi connectivity index (χ0) is 11.0. The first-order valence-corrected chi connectivity index (χ1v) is 6.45. The summed E-state index contributed by atoms with van der Waals surface area (Å²) >= 11 is 0. The molecule has 0 aromatic carbocycles. The summed E-state index contributed by atoms with van der Waals surface area (Å²) in [5.41, 5.74) is 3.97. The first kappa shape index (κ1) is 10.2. The van der Waals surface area contributed by atoms with E-state index in [2.05, 4.69) is 12.2 Å². The van der Waals surface area contributed by atoms with Gasteiger partial charge in [-0.25, -0.2) is 9.97 Å². The highest BCUT2D eigenvalue weighted by molar-refractivity contribution is 5.28. The maximum atomic E-state index is 4.75. The van der Waals surface area contributed by atoms with E-state index in [0.717, 1.165) is 44.1 Å². The molecule has 2 heterocycles. The van der Waals surface area contributed by atoms with Gasteiger partial charge in [-0.15, -0.1) is 0 Å². The molecule has 1 aromatic heterocycles. The smallest absolute Gasteiger partial charge is 0.129 e. The first-order chi connectivity index (χ1) is 7.86. The minimum atomic E-state index is 0.874. The molecule has 0 atom stereocenters. The van der Waals surface area contributed by atoms with E-state index in [4.69, 9.17) is 9.97 Å². The molecule has 0 amide bonds. The number of nitrogens with one attached hydrogen (secondary N) is 1. The second-order valence-electron chi connectivity index (χ2n) is 4.94. The summed E-state index contributed by atoms with van der Waals surface area (Å²) in [5.74, 6) is 1.96. The lowest BCUT2D eigenvalue weighted by molar-refractivity contribution is 0.603. The second-order valence-corrected chi connectivity index (χ2v) is 4.94. The topological polar surface area (TPSA) is 37.8 Å². The van der Waals surface area contributed by atoms with Crippen LogP contribution in [-0.2, 0) is 25.8 Å². The summed E-state index contributed by atoms with van der Waals surface area (Å²) in [5, 5.41) is 3.40. The minimum absolute atomic E-state index is 0.874. The molecule has 1 aromatic rings. The molecule has 3 nitrogen and oxygen atoms in total. The Morgan fingerprint density at radius 1 is 1.31 bits per heavy atom. The molecule has 3 heteroatoms. The van der Waals surface area contributed by atoms with Gasteiger partial charge >= 0.3 is 0 Å². The van der Waals surface area contributed by atoms with Gasteiger partial charge in [-0.2, -0.15) is 0 Å². The van der Waals surface area contributed by atoms with Crippen LogP contribution in [0.25, 0.3) is 0 Å². The number of hydrogen-bond acceptors (Lipinski definition) is 3. The van der Waals surface area contributed by atoms with E-state index in [-0.39, 0.29) is 0 Å². The monoisotopic (exact) mass is 217 g/mol. The Labute approximate surface area is 96.7 Å². The number of rotatable bonds is 3. The number of fused-ring (bicyclic) bond motifs is 1. The van der Waals surface area contributed by atoms with Crippen molar-refractivity contribution in [3.63, 3.8) is 0 Å². The van der Waals surface area contributed by atoms with Gasteiger partial charge in [0.25, 0.3) is 0 Å². The van der Waals surface area contributed by atoms with Crippen LogP contribution < -0.4 is 5.32 Å². The highest BCUT2D eigenvalue weighted by Crippen LogP contribution is 2.32. The Kier molecular flexibility index (Phi) is 2.64. The molecule has 0 saturated heterocycles. The van der Waals surface area contributed by atoms with Gasteiger partial charge in [0.15, 0.2) is 0 Å². The van der Waals surface area contributed by atoms with E-state index in [9.17, 15) is 0 Å². The molecule has 3 rings (SSSR count). The van der Waals surface area contributed by atoms with Crippen LogP contribution in [0.4, 0.5) is 0 Å². The van der Waals surface area contributed by atoms with Crippen molar-refractivity contribution in [3.05, 3.63) is 22.8 Å². The third-order valence-corrected chi connectivity index (χ3v) is 3.57. The zero-order valence-electron chi connectivity index (χ0n) is 9.92. The van der Waals surface area contributed by atoms with Crippen LogP contribution in [0, 0.1) is 5.92 Å². The van der Waals surface area contributed by atoms with Crippen LogP contribution in [0.3, 0.4) is 0 Å². The summed E-state index contributed by atoms with van der Waals surface area (Å²) in [6.07, 6.45) is 5.99. The molecule has 86 valence electrons. The molecule has 0 bridgehead atoms. The average molecular weight is 217 g/mol. The van der Waals surface area contributed by atoms with Gasteiger partial charge in [0, 0.05) is 18.7 Å². The van der Waals surface area contributed by atoms with Gasteiger partial charge < -0.3 is 5.32 Å². The minimum Gasteiger partial charge on any atom is -0.311 e. The van der Waals surface area contributed by atoms with Crippen molar-refractivity contribution < 1.29 is 0 Å². The Hall–Kier alpha value is -0.960. The molecular formula is C13H19N3. The van der Waals surface area contributed by atoms with Crippen LogP contribution in [0.1, 0.15) is 42.5 Å². The Morgan fingerprint density at radius 2 is 2.19 bits per heavy atom. The van der Waals surface area contributed by atoms with Gasteiger partial charge in [-0.1, -0.05) is 6.92 Å². The number of hydrogen-bond donors (Lipinski definition) is 1. The fourth-order valence-electron chi connectivity index (χ4n) is 2.46. The highest BCUT2D eigenvalue weighted by atomic mass is 15.0. The maximum Gasteiger partial charge on any atom is 0.129 e. The molecular weight excluding hydrogens is 198 g/mol. The van der Waals surface area contributed by atoms with Gasteiger partial charge in [-0.05, 0) is 43.7 Å². The largest absolute Gasteiger partial charge is 0.311 e. The second kappa shape index (κ2) is 4.13. The third kappa shape index (κ3) is 1.96. The van der Waals surface area contributed by atoms with Crippen LogP contribution in [-0.4, -0.2) is 16.5 Å². The molecule has 0 radical (unpaired) electrons. The fourth-order valence-corrected chi connectivity index (χ4v) is 2.46. The molecule has 1 N–H and O–H groups in total. The van der Waals surface area contributed by atoms with E-state index >= 15 is 0 Å². The van der Waals surface area contributed by atoms with Crippen molar-refractivity contribution in [3.8, 4) is 0 Å². The van der Waals surface area contributed by atoms with Gasteiger partial charge in [0.2, 0.25) is 0 Å². The van der Waals surface area contributed by atoms with Gasteiger partial charge in [-0.3, -0.25) is 0 Å². The molecule has 1 aliphatic heterocycles. The molecule has 0 unspecified atom stereocenters. The van der Waals surface area contributed by atoms with Crippen molar-refractivity contribution >= 4 is 0 Å². The number of nitrogens with zero attached hydrogens (tertiary/aromatic N) is 2. The summed E-state index contributed by atoms with van der Waals surface area (Å²) in [6.45, 7) is 4.21. The highest BCUT2D eigenvalue weighted by Gasteiger charge is 2.24. The quantitative estimate of drug-likeness (QED) is 0.836. The van der Waals surface area contributed by atoms with Crippen LogP contribution in [0.15, 0.2) is 0 Å². The van der Waals surface area contributed by atoms with Gasteiger partial charge in [0.1, 0.15) is 5.82 Å². The van der Waals surface area contributed by atoms with Crippen LogP contribution >= 0.6 is 0 Å². The lowest BCUT2D eigenvalue weighted by atomic mass is 10.0. The van der Waals surface area contributed by atoms with Crippen molar-refractivity contribution in [1.82, 2.24) is 15.3 Å². The fraction of sp³-hybridized carbons (Fsp3) is 0.692. The number of aromatic nitrogens is 2. The van der Waals surface area contributed by atoms with Gasteiger partial charge in [0.05, 0.1) is 5.69 Å². The molecule has 16 heavy (non-hydrogen) atoms. The molecule has 1 fully saturated rings. The van der Waals surface area contributed by atoms with Crippen molar-refractivity contribution in [2.75, 3.05) is 6.54 Å². The lowest BCUT2D eigenvalue weighted by Gasteiger charge is -2.19. The zero-order valence-corrected chi connectivity index (χ0v) is 9.92. The SMILES string of the molecule is CCc1nc(CC2CC2)nc2c1CCNC2. The molecule has 0 spiro atoms. The Bertz CT molecular complexity index is 379. The van der Waals surface area contributed by atoms with E-state index in [0.29, 0.717) is 0 Å². The first-order valence-electron chi connectivity index (χ1n) is 6.45. The molecule has 1 saturated carbocycles. The van der Waals surface area contributed by atoms with Crippen molar-refractivity contribution in [2.24, 2.45) is 5.92 Å². The third-order valence-electron chi connectivity index (χ3n) is 3.57. The van der Waals surface area contributed by atoms with Crippen molar-refractivity contribution in [1.29, 1.82) is 0 Å². The summed E-state index contributed by atoms with van der Waals surface area (Å²) < 4.78 is 0. The lowest BCUT2D eigenvalue weighted by Crippen LogP contribution is -2.27. The maximum absolute atomic E-state index is 4.75. The van der Waals surface area contributed by atoms with E-state index in [1.54, 1.807) is 0 Å². The molecule has 1 aliphatic carbocycles. The van der Waals surface area contributed by atoms with E-state index < -0.39 is 0 Å². The molecule has 2 aliphatic rings.